The zero-order valence-corrected chi connectivity index (χ0v) is 15.8. The van der Waals surface area contributed by atoms with Crippen LogP contribution in [0.2, 0.25) is 0 Å². The molecule has 1 N–H and O–H groups in total. The lowest BCUT2D eigenvalue weighted by Gasteiger charge is -2.27. The summed E-state index contributed by atoms with van der Waals surface area (Å²) in [5.41, 5.74) is 0. The zero-order valence-electron chi connectivity index (χ0n) is 15.0. The van der Waals surface area contributed by atoms with Crippen LogP contribution < -0.4 is 5.32 Å². The predicted molar refractivity (Wildman–Crippen MR) is 102 cm³/mol. The third kappa shape index (κ3) is 4.82. The van der Waals surface area contributed by atoms with E-state index in [0.29, 0.717) is 32.5 Å². The molecule has 3 amide bonds. The van der Waals surface area contributed by atoms with E-state index in [9.17, 15) is 14.4 Å². The first-order chi connectivity index (χ1) is 12.5. The van der Waals surface area contributed by atoms with Crippen molar-refractivity contribution >= 4 is 29.1 Å². The van der Waals surface area contributed by atoms with Crippen LogP contribution in [0.25, 0.3) is 0 Å². The highest BCUT2D eigenvalue weighted by Crippen LogP contribution is 2.23. The SMILES string of the molecule is C=CCN(CC=C)C(=O)C(C)NC(=O)C1CCC(=O)N1Cc1cccs1. The van der Waals surface area contributed by atoms with Crippen molar-refractivity contribution in [2.45, 2.75) is 38.4 Å². The normalized spacial score (nSPS) is 17.7. The molecule has 1 fully saturated rings. The maximum absolute atomic E-state index is 12.7. The molecule has 1 aliphatic heterocycles. The number of thiophene rings is 1. The highest BCUT2D eigenvalue weighted by molar-refractivity contribution is 7.09. The van der Waals surface area contributed by atoms with Crippen molar-refractivity contribution in [1.29, 1.82) is 0 Å². The molecule has 0 aromatic carbocycles. The molecule has 2 rings (SSSR count). The van der Waals surface area contributed by atoms with Gasteiger partial charge in [0, 0.05) is 24.4 Å². The second-order valence-electron chi connectivity index (χ2n) is 6.21. The van der Waals surface area contributed by atoms with Crippen molar-refractivity contribution in [2.75, 3.05) is 13.1 Å². The minimum atomic E-state index is -0.679. The third-order valence-corrected chi connectivity index (χ3v) is 5.14. The first-order valence-electron chi connectivity index (χ1n) is 8.60. The number of rotatable bonds is 9. The fraction of sp³-hybridized carbons (Fsp3) is 0.421. The van der Waals surface area contributed by atoms with Crippen molar-refractivity contribution < 1.29 is 14.4 Å². The van der Waals surface area contributed by atoms with Gasteiger partial charge in [-0.1, -0.05) is 18.2 Å². The smallest absolute Gasteiger partial charge is 0.245 e. The van der Waals surface area contributed by atoms with Gasteiger partial charge in [0.15, 0.2) is 0 Å². The molecule has 7 heteroatoms. The fourth-order valence-electron chi connectivity index (χ4n) is 2.99. The fourth-order valence-corrected chi connectivity index (χ4v) is 3.69. The molecule has 2 atom stereocenters. The number of hydrogen-bond acceptors (Lipinski definition) is 4. The molecule has 1 aromatic heterocycles. The van der Waals surface area contributed by atoms with Gasteiger partial charge in [0.05, 0.1) is 6.54 Å². The zero-order chi connectivity index (χ0) is 19.1. The number of nitrogens with zero attached hydrogens (tertiary/aromatic N) is 2. The number of likely N-dealkylation sites (tertiary alicyclic amines) is 1. The van der Waals surface area contributed by atoms with Gasteiger partial charge in [-0.2, -0.15) is 0 Å². The monoisotopic (exact) mass is 375 g/mol. The molecule has 2 heterocycles. The van der Waals surface area contributed by atoms with Crippen LogP contribution in [0.4, 0.5) is 0 Å². The first kappa shape index (κ1) is 19.9. The molecular formula is C19H25N3O3S. The lowest BCUT2D eigenvalue weighted by molar-refractivity contribution is -0.138. The average Bonchev–Trinajstić information content (AvgIpc) is 3.25. The molecule has 1 saturated heterocycles. The third-order valence-electron chi connectivity index (χ3n) is 4.28. The van der Waals surface area contributed by atoms with Crippen LogP contribution in [0.3, 0.4) is 0 Å². The predicted octanol–water partition coefficient (Wildman–Crippen LogP) is 1.94. The van der Waals surface area contributed by atoms with Gasteiger partial charge in [-0.15, -0.1) is 24.5 Å². The summed E-state index contributed by atoms with van der Waals surface area (Å²) in [6.07, 6.45) is 4.09. The molecule has 140 valence electrons. The van der Waals surface area contributed by atoms with Gasteiger partial charge in [0.1, 0.15) is 12.1 Å². The summed E-state index contributed by atoms with van der Waals surface area (Å²) in [6.45, 7) is 10.1. The Morgan fingerprint density at radius 1 is 1.42 bits per heavy atom. The van der Waals surface area contributed by atoms with Gasteiger partial charge in [-0.3, -0.25) is 14.4 Å². The van der Waals surface area contributed by atoms with E-state index in [4.69, 9.17) is 0 Å². The van der Waals surface area contributed by atoms with Gasteiger partial charge >= 0.3 is 0 Å². The van der Waals surface area contributed by atoms with Crippen LogP contribution in [-0.4, -0.2) is 52.7 Å². The molecule has 0 spiro atoms. The Labute approximate surface area is 158 Å². The Morgan fingerprint density at radius 3 is 2.69 bits per heavy atom. The van der Waals surface area contributed by atoms with Crippen LogP contribution in [0.1, 0.15) is 24.6 Å². The van der Waals surface area contributed by atoms with Crippen LogP contribution in [0.5, 0.6) is 0 Å². The van der Waals surface area contributed by atoms with Crippen molar-refractivity contribution in [3.8, 4) is 0 Å². The lowest BCUT2D eigenvalue weighted by Crippen LogP contribution is -2.52. The highest BCUT2D eigenvalue weighted by atomic mass is 32.1. The molecule has 1 aromatic rings. The van der Waals surface area contributed by atoms with E-state index in [2.05, 4.69) is 18.5 Å². The Morgan fingerprint density at radius 2 is 2.12 bits per heavy atom. The summed E-state index contributed by atoms with van der Waals surface area (Å²) >= 11 is 1.55. The quantitative estimate of drug-likeness (QED) is 0.671. The summed E-state index contributed by atoms with van der Waals surface area (Å²) in [4.78, 5) is 41.5. The van der Waals surface area contributed by atoms with E-state index in [1.165, 1.54) is 0 Å². The van der Waals surface area contributed by atoms with Crippen molar-refractivity contribution in [2.24, 2.45) is 0 Å². The number of nitrogens with one attached hydrogen (secondary N) is 1. The second-order valence-corrected chi connectivity index (χ2v) is 7.24. The topological polar surface area (TPSA) is 69.7 Å². The Hall–Kier alpha value is -2.41. The summed E-state index contributed by atoms with van der Waals surface area (Å²) < 4.78 is 0. The van der Waals surface area contributed by atoms with E-state index >= 15 is 0 Å². The van der Waals surface area contributed by atoms with Crippen LogP contribution in [0.15, 0.2) is 42.8 Å². The lowest BCUT2D eigenvalue weighted by atomic mass is 10.1. The first-order valence-corrected chi connectivity index (χ1v) is 9.48. The number of amides is 3. The number of hydrogen-bond donors (Lipinski definition) is 1. The molecule has 0 bridgehead atoms. The summed E-state index contributed by atoms with van der Waals surface area (Å²) in [5.74, 6) is -0.518. The maximum atomic E-state index is 12.7. The van der Waals surface area contributed by atoms with Gasteiger partial charge in [-0.05, 0) is 24.8 Å². The molecule has 0 radical (unpaired) electrons. The maximum Gasteiger partial charge on any atom is 0.245 e. The Balaban J connectivity index is 2.00. The molecule has 0 aliphatic carbocycles. The van der Waals surface area contributed by atoms with E-state index in [1.54, 1.807) is 40.2 Å². The van der Waals surface area contributed by atoms with Crippen molar-refractivity contribution in [3.05, 3.63) is 47.7 Å². The molecular weight excluding hydrogens is 350 g/mol. The van der Waals surface area contributed by atoms with Crippen LogP contribution >= 0.6 is 11.3 Å². The van der Waals surface area contributed by atoms with E-state index in [1.807, 2.05) is 17.5 Å². The second kappa shape index (κ2) is 9.33. The van der Waals surface area contributed by atoms with Gasteiger partial charge in [-0.25, -0.2) is 0 Å². The van der Waals surface area contributed by atoms with Gasteiger partial charge in [0.25, 0.3) is 0 Å². The minimum Gasteiger partial charge on any atom is -0.343 e. The van der Waals surface area contributed by atoms with E-state index in [-0.39, 0.29) is 17.7 Å². The average molecular weight is 375 g/mol. The van der Waals surface area contributed by atoms with Gasteiger partial charge in [0.2, 0.25) is 17.7 Å². The van der Waals surface area contributed by atoms with E-state index in [0.717, 1.165) is 4.88 Å². The number of carbonyl (C=O) groups excluding carboxylic acids is 3. The molecule has 1 aliphatic rings. The molecule has 26 heavy (non-hydrogen) atoms. The van der Waals surface area contributed by atoms with Crippen LogP contribution in [-0.2, 0) is 20.9 Å². The van der Waals surface area contributed by atoms with Crippen molar-refractivity contribution in [3.63, 3.8) is 0 Å². The molecule has 2 unspecified atom stereocenters. The molecule has 0 saturated carbocycles. The highest BCUT2D eigenvalue weighted by Gasteiger charge is 2.37. The van der Waals surface area contributed by atoms with Gasteiger partial charge < -0.3 is 15.1 Å². The Bertz CT molecular complexity index is 662. The summed E-state index contributed by atoms with van der Waals surface area (Å²) in [7, 11) is 0. The summed E-state index contributed by atoms with van der Waals surface area (Å²) in [5, 5.41) is 4.70. The number of carbonyl (C=O) groups is 3. The standard InChI is InChI=1S/C19H25N3O3S/c1-4-10-21(11-5-2)19(25)14(3)20-18(24)16-8-9-17(23)22(16)13-15-7-6-12-26-15/h4-7,12,14,16H,1-2,8-11,13H2,3H3,(H,20,24). The minimum absolute atomic E-state index is 0.0301. The Kier molecular flexibility index (Phi) is 7.15. The van der Waals surface area contributed by atoms with E-state index < -0.39 is 12.1 Å². The van der Waals surface area contributed by atoms with Crippen molar-refractivity contribution in [1.82, 2.24) is 15.1 Å². The molecule has 6 nitrogen and oxygen atoms in total. The van der Waals surface area contributed by atoms with Crippen LogP contribution in [0, 0.1) is 0 Å². The summed E-state index contributed by atoms with van der Waals surface area (Å²) in [6, 6.07) is 2.65. The largest absolute Gasteiger partial charge is 0.343 e.